The Bertz CT molecular complexity index is 651. The van der Waals surface area contributed by atoms with Gasteiger partial charge in [-0.2, -0.15) is 0 Å². The van der Waals surface area contributed by atoms with Gasteiger partial charge in [-0.05, 0) is 7.05 Å². The number of rotatable bonds is 3. The van der Waals surface area contributed by atoms with Gasteiger partial charge in [0.1, 0.15) is 12.1 Å². The van der Waals surface area contributed by atoms with Gasteiger partial charge in [0.2, 0.25) is 0 Å². The van der Waals surface area contributed by atoms with E-state index in [4.69, 9.17) is 0 Å². The van der Waals surface area contributed by atoms with Crippen molar-refractivity contribution in [3.05, 3.63) is 34.2 Å². The van der Waals surface area contributed by atoms with Gasteiger partial charge in [-0.1, -0.05) is 0 Å². The highest BCUT2D eigenvalue weighted by Crippen LogP contribution is 2.26. The number of fused-ring (bicyclic) bond motifs is 1. The van der Waals surface area contributed by atoms with Gasteiger partial charge in [0.15, 0.2) is 0 Å². The second-order valence-corrected chi connectivity index (χ2v) is 7.07. The van der Waals surface area contributed by atoms with E-state index in [2.05, 4.69) is 42.1 Å². The molecule has 1 saturated heterocycles. The Morgan fingerprint density at radius 2 is 1.96 bits per heavy atom. The van der Waals surface area contributed by atoms with Crippen LogP contribution in [0.25, 0.3) is 0 Å². The van der Waals surface area contributed by atoms with Crippen LogP contribution < -0.4 is 4.90 Å². The molecule has 0 bridgehead atoms. The number of aromatic nitrogens is 3. The molecule has 0 aromatic carbocycles. The maximum Gasteiger partial charge on any atom is 0.136 e. The van der Waals surface area contributed by atoms with Crippen molar-refractivity contribution in [1.29, 1.82) is 0 Å². The van der Waals surface area contributed by atoms with E-state index in [1.54, 1.807) is 17.7 Å². The molecule has 0 unspecified atom stereocenters. The Morgan fingerprint density at radius 1 is 1.09 bits per heavy atom. The fourth-order valence-corrected chi connectivity index (χ4v) is 3.95. The lowest BCUT2D eigenvalue weighted by Crippen LogP contribution is -2.47. The van der Waals surface area contributed by atoms with Crippen LogP contribution in [-0.2, 0) is 19.5 Å². The third-order valence-electron chi connectivity index (χ3n) is 4.71. The molecule has 0 radical (unpaired) electrons. The van der Waals surface area contributed by atoms with Crippen molar-refractivity contribution in [2.24, 2.45) is 0 Å². The lowest BCUT2D eigenvalue weighted by Gasteiger charge is -2.37. The summed E-state index contributed by atoms with van der Waals surface area (Å²) in [6.45, 7) is 7.18. The highest BCUT2D eigenvalue weighted by molar-refractivity contribution is 7.07. The summed E-state index contributed by atoms with van der Waals surface area (Å²) in [5.74, 6) is 1.15. The van der Waals surface area contributed by atoms with Gasteiger partial charge in [0, 0.05) is 63.2 Å². The second kappa shape index (κ2) is 6.51. The molecule has 4 rings (SSSR count). The molecule has 0 aliphatic carbocycles. The Kier molecular flexibility index (Phi) is 4.24. The van der Waals surface area contributed by atoms with Crippen LogP contribution in [0.2, 0.25) is 0 Å². The van der Waals surface area contributed by atoms with E-state index >= 15 is 0 Å². The number of thiazole rings is 1. The number of hydrogen-bond donors (Lipinski definition) is 0. The highest BCUT2D eigenvalue weighted by atomic mass is 32.1. The molecule has 2 aliphatic heterocycles. The molecular weight excluding hydrogens is 308 g/mol. The molecule has 0 saturated carbocycles. The molecule has 0 N–H and O–H groups in total. The van der Waals surface area contributed by atoms with E-state index in [0.717, 1.165) is 58.1 Å². The van der Waals surface area contributed by atoms with Crippen LogP contribution in [0.3, 0.4) is 0 Å². The number of hydrogen-bond acceptors (Lipinski definition) is 7. The van der Waals surface area contributed by atoms with Crippen molar-refractivity contribution in [2.75, 3.05) is 44.7 Å². The predicted molar refractivity (Wildman–Crippen MR) is 91.7 cm³/mol. The van der Waals surface area contributed by atoms with Crippen LogP contribution >= 0.6 is 11.3 Å². The van der Waals surface area contributed by atoms with Gasteiger partial charge in [-0.3, -0.25) is 4.90 Å². The fourth-order valence-electron chi connectivity index (χ4n) is 3.40. The SMILES string of the molecule is CN1CCc2ncnc(N3CCN(Cc4cscn4)CC3)c2C1. The predicted octanol–water partition coefficient (Wildman–Crippen LogP) is 1.24. The monoisotopic (exact) mass is 330 g/mol. The van der Waals surface area contributed by atoms with Crippen molar-refractivity contribution < 1.29 is 0 Å². The molecule has 7 heteroatoms. The summed E-state index contributed by atoms with van der Waals surface area (Å²) >= 11 is 1.67. The summed E-state index contributed by atoms with van der Waals surface area (Å²) in [5, 5.41) is 2.14. The van der Waals surface area contributed by atoms with E-state index in [9.17, 15) is 0 Å². The molecule has 0 atom stereocenters. The first kappa shape index (κ1) is 15.0. The van der Waals surface area contributed by atoms with Crippen LogP contribution in [0.1, 0.15) is 17.0 Å². The third kappa shape index (κ3) is 3.22. The first-order chi connectivity index (χ1) is 11.3. The number of piperazine rings is 1. The van der Waals surface area contributed by atoms with Crippen molar-refractivity contribution in [2.45, 2.75) is 19.5 Å². The van der Waals surface area contributed by atoms with Gasteiger partial charge in [-0.15, -0.1) is 11.3 Å². The molecule has 0 amide bonds. The lowest BCUT2D eigenvalue weighted by atomic mass is 10.1. The summed E-state index contributed by atoms with van der Waals surface area (Å²) in [6, 6.07) is 0. The van der Waals surface area contributed by atoms with Crippen LogP contribution in [0, 0.1) is 0 Å². The minimum absolute atomic E-state index is 0.960. The summed E-state index contributed by atoms with van der Waals surface area (Å²) in [4.78, 5) is 20.8. The molecule has 2 aromatic rings. The maximum atomic E-state index is 4.61. The van der Waals surface area contributed by atoms with Crippen molar-refractivity contribution >= 4 is 17.2 Å². The number of nitrogens with zero attached hydrogens (tertiary/aromatic N) is 6. The summed E-state index contributed by atoms with van der Waals surface area (Å²) in [5.41, 5.74) is 5.66. The fraction of sp³-hybridized carbons (Fsp3) is 0.562. The molecule has 1 fully saturated rings. The van der Waals surface area contributed by atoms with Crippen LogP contribution in [0.4, 0.5) is 5.82 Å². The minimum Gasteiger partial charge on any atom is -0.354 e. The van der Waals surface area contributed by atoms with Crippen molar-refractivity contribution in [3.8, 4) is 0 Å². The Balaban J connectivity index is 1.44. The molecule has 2 aliphatic rings. The normalized spacial score (nSPS) is 19.8. The van der Waals surface area contributed by atoms with Gasteiger partial charge in [0.25, 0.3) is 0 Å². The largest absolute Gasteiger partial charge is 0.354 e. The standard InChI is InChI=1S/C16H22N6S/c1-20-3-2-15-14(9-20)16(18-11-17-15)22-6-4-21(5-7-22)8-13-10-23-12-19-13/h10-12H,2-9H2,1H3. The van der Waals surface area contributed by atoms with E-state index in [0.29, 0.717) is 0 Å². The van der Waals surface area contributed by atoms with Crippen molar-refractivity contribution in [3.63, 3.8) is 0 Å². The number of anilines is 1. The number of likely N-dealkylation sites (N-methyl/N-ethyl adjacent to an activating group) is 1. The van der Waals surface area contributed by atoms with Crippen LogP contribution in [0.5, 0.6) is 0 Å². The molecule has 23 heavy (non-hydrogen) atoms. The van der Waals surface area contributed by atoms with Gasteiger partial charge in [-0.25, -0.2) is 15.0 Å². The summed E-state index contributed by atoms with van der Waals surface area (Å²) in [7, 11) is 2.17. The Hall–Kier alpha value is -1.57. The molecule has 2 aromatic heterocycles. The first-order valence-electron chi connectivity index (χ1n) is 8.15. The van der Waals surface area contributed by atoms with E-state index in [1.165, 1.54) is 17.0 Å². The van der Waals surface area contributed by atoms with Crippen molar-refractivity contribution in [1.82, 2.24) is 24.8 Å². The minimum atomic E-state index is 0.960. The second-order valence-electron chi connectivity index (χ2n) is 6.35. The van der Waals surface area contributed by atoms with Crippen LogP contribution in [0.15, 0.2) is 17.2 Å². The smallest absolute Gasteiger partial charge is 0.136 e. The van der Waals surface area contributed by atoms with E-state index < -0.39 is 0 Å². The zero-order valence-corrected chi connectivity index (χ0v) is 14.3. The lowest BCUT2D eigenvalue weighted by molar-refractivity contribution is 0.246. The zero-order chi connectivity index (χ0) is 15.6. The molecule has 122 valence electrons. The molecule has 4 heterocycles. The zero-order valence-electron chi connectivity index (χ0n) is 13.5. The Morgan fingerprint density at radius 3 is 2.74 bits per heavy atom. The topological polar surface area (TPSA) is 48.4 Å². The van der Waals surface area contributed by atoms with E-state index in [1.807, 2.05) is 5.51 Å². The maximum absolute atomic E-state index is 4.61. The highest BCUT2D eigenvalue weighted by Gasteiger charge is 2.25. The quantitative estimate of drug-likeness (QED) is 0.844. The molecule has 6 nitrogen and oxygen atoms in total. The van der Waals surface area contributed by atoms with Gasteiger partial charge >= 0.3 is 0 Å². The summed E-state index contributed by atoms with van der Waals surface area (Å²) in [6.07, 6.45) is 2.77. The van der Waals surface area contributed by atoms with E-state index in [-0.39, 0.29) is 0 Å². The van der Waals surface area contributed by atoms with Gasteiger partial charge in [0.05, 0.1) is 16.9 Å². The average Bonchev–Trinajstić information content (AvgIpc) is 3.08. The first-order valence-corrected chi connectivity index (χ1v) is 9.09. The summed E-state index contributed by atoms with van der Waals surface area (Å²) < 4.78 is 0. The Labute approximate surface area is 140 Å². The molecule has 0 spiro atoms. The molecular formula is C16H22N6S. The van der Waals surface area contributed by atoms with Crippen LogP contribution in [-0.4, -0.2) is 64.5 Å². The van der Waals surface area contributed by atoms with Gasteiger partial charge < -0.3 is 9.80 Å². The third-order valence-corrected chi connectivity index (χ3v) is 5.35. The average molecular weight is 330 g/mol.